The summed E-state index contributed by atoms with van der Waals surface area (Å²) in [6.45, 7) is 5.45. The van der Waals surface area contributed by atoms with Crippen LogP contribution in [0.2, 0.25) is 0 Å². The topological polar surface area (TPSA) is 67.2 Å². The summed E-state index contributed by atoms with van der Waals surface area (Å²) in [5, 5.41) is 8.64. The Morgan fingerprint density at radius 2 is 1.91 bits per heavy atom. The summed E-state index contributed by atoms with van der Waals surface area (Å²) in [6, 6.07) is 3.36. The molecule has 0 aliphatic carbocycles. The van der Waals surface area contributed by atoms with Gasteiger partial charge < -0.3 is 9.84 Å². The van der Waals surface area contributed by atoms with Gasteiger partial charge in [0, 0.05) is 11.5 Å². The minimum atomic E-state index is -1.60. The maximum Gasteiger partial charge on any atom is 0.246 e. The maximum atomic E-state index is 13.4. The number of rotatable bonds is 4. The second-order valence-corrected chi connectivity index (χ2v) is 5.95. The molecule has 2 aromatic rings. The SMILES string of the molecule is CC(C)(C)c1cc(NC(=O)CNc2ccc(F)c(F)c2F)on1. The van der Waals surface area contributed by atoms with E-state index in [1.165, 1.54) is 0 Å². The summed E-state index contributed by atoms with van der Waals surface area (Å²) < 4.78 is 44.3. The highest BCUT2D eigenvalue weighted by Crippen LogP contribution is 2.23. The predicted molar refractivity (Wildman–Crippen MR) is 78.6 cm³/mol. The largest absolute Gasteiger partial charge is 0.374 e. The number of carbonyl (C=O) groups excluding carboxylic acids is 1. The molecule has 2 rings (SSSR count). The Bertz CT molecular complexity index is 723. The van der Waals surface area contributed by atoms with Crippen molar-refractivity contribution in [3.05, 3.63) is 41.3 Å². The van der Waals surface area contributed by atoms with Gasteiger partial charge in [-0.3, -0.25) is 10.1 Å². The van der Waals surface area contributed by atoms with Crippen molar-refractivity contribution in [1.29, 1.82) is 0 Å². The van der Waals surface area contributed by atoms with Crippen LogP contribution >= 0.6 is 0 Å². The van der Waals surface area contributed by atoms with E-state index in [2.05, 4.69) is 15.8 Å². The third-order valence-electron chi connectivity index (χ3n) is 3.02. The molecule has 0 radical (unpaired) electrons. The molecule has 1 aromatic carbocycles. The smallest absolute Gasteiger partial charge is 0.246 e. The normalized spacial score (nSPS) is 11.4. The Kier molecular flexibility index (Phi) is 4.63. The summed E-state index contributed by atoms with van der Waals surface area (Å²) in [5.74, 6) is -4.68. The average Bonchev–Trinajstić information content (AvgIpc) is 2.92. The second-order valence-electron chi connectivity index (χ2n) is 5.95. The first-order valence-corrected chi connectivity index (χ1v) is 6.83. The molecule has 8 heteroatoms. The Labute approximate surface area is 130 Å². The van der Waals surface area contributed by atoms with Crippen LogP contribution in [0.5, 0.6) is 0 Å². The first-order valence-electron chi connectivity index (χ1n) is 6.83. The highest BCUT2D eigenvalue weighted by atomic mass is 19.2. The molecule has 0 atom stereocenters. The standard InChI is InChI=1S/C15H16F3N3O2/c1-15(2,3)10-6-12(23-21-10)20-11(22)7-19-9-5-4-8(16)13(17)14(9)18/h4-6,19H,7H2,1-3H3,(H,20,22). The molecule has 1 heterocycles. The average molecular weight is 327 g/mol. The molecular weight excluding hydrogens is 311 g/mol. The van der Waals surface area contributed by atoms with Crippen molar-refractivity contribution in [3.63, 3.8) is 0 Å². The van der Waals surface area contributed by atoms with Gasteiger partial charge in [-0.25, -0.2) is 13.2 Å². The third kappa shape index (κ3) is 4.02. The Morgan fingerprint density at radius 1 is 1.22 bits per heavy atom. The summed E-state index contributed by atoms with van der Waals surface area (Å²) in [4.78, 5) is 11.8. The number of nitrogens with one attached hydrogen (secondary N) is 2. The van der Waals surface area contributed by atoms with Gasteiger partial charge in [0.05, 0.1) is 17.9 Å². The minimum absolute atomic E-state index is 0.146. The van der Waals surface area contributed by atoms with Crippen LogP contribution in [0, 0.1) is 17.5 Å². The first-order chi connectivity index (χ1) is 10.7. The van der Waals surface area contributed by atoms with Crippen molar-refractivity contribution in [2.75, 3.05) is 17.2 Å². The number of hydrogen-bond donors (Lipinski definition) is 2. The van der Waals surface area contributed by atoms with Gasteiger partial charge in [-0.1, -0.05) is 25.9 Å². The molecule has 0 saturated heterocycles. The highest BCUT2D eigenvalue weighted by Gasteiger charge is 2.20. The predicted octanol–water partition coefficient (Wildman–Crippen LogP) is 3.44. The fourth-order valence-electron chi connectivity index (χ4n) is 1.71. The van der Waals surface area contributed by atoms with E-state index in [4.69, 9.17) is 4.52 Å². The van der Waals surface area contributed by atoms with Crippen molar-refractivity contribution in [3.8, 4) is 0 Å². The molecule has 23 heavy (non-hydrogen) atoms. The zero-order valence-electron chi connectivity index (χ0n) is 12.8. The lowest BCUT2D eigenvalue weighted by Crippen LogP contribution is -2.22. The monoisotopic (exact) mass is 327 g/mol. The molecule has 0 aliphatic rings. The number of benzene rings is 1. The maximum absolute atomic E-state index is 13.4. The van der Waals surface area contributed by atoms with Crippen LogP contribution in [-0.2, 0) is 10.2 Å². The fourth-order valence-corrected chi connectivity index (χ4v) is 1.71. The molecule has 0 bridgehead atoms. The van der Waals surface area contributed by atoms with E-state index in [0.29, 0.717) is 5.69 Å². The van der Waals surface area contributed by atoms with E-state index in [1.54, 1.807) is 6.07 Å². The fraction of sp³-hybridized carbons (Fsp3) is 0.333. The number of aromatic nitrogens is 1. The molecule has 5 nitrogen and oxygen atoms in total. The molecule has 124 valence electrons. The third-order valence-corrected chi connectivity index (χ3v) is 3.02. The number of amides is 1. The number of halogens is 3. The summed E-state index contributed by atoms with van der Waals surface area (Å²) in [5.41, 5.74) is 0.110. The zero-order valence-corrected chi connectivity index (χ0v) is 12.8. The van der Waals surface area contributed by atoms with Gasteiger partial charge in [-0.15, -0.1) is 0 Å². The van der Waals surface area contributed by atoms with Gasteiger partial charge in [0.2, 0.25) is 11.8 Å². The first kappa shape index (κ1) is 16.9. The molecule has 1 amide bonds. The molecule has 1 aromatic heterocycles. The van der Waals surface area contributed by atoms with Gasteiger partial charge in [0.15, 0.2) is 17.5 Å². The molecule has 0 fully saturated rings. The number of anilines is 2. The van der Waals surface area contributed by atoms with E-state index in [9.17, 15) is 18.0 Å². The van der Waals surface area contributed by atoms with E-state index < -0.39 is 23.4 Å². The van der Waals surface area contributed by atoms with Gasteiger partial charge >= 0.3 is 0 Å². The van der Waals surface area contributed by atoms with Crippen LogP contribution in [0.4, 0.5) is 24.7 Å². The Balaban J connectivity index is 1.96. The molecule has 0 spiro atoms. The van der Waals surface area contributed by atoms with Crippen LogP contribution in [0.15, 0.2) is 22.7 Å². The lowest BCUT2D eigenvalue weighted by Gasteiger charge is -2.12. The van der Waals surface area contributed by atoms with Gasteiger partial charge in [0.25, 0.3) is 0 Å². The lowest BCUT2D eigenvalue weighted by atomic mass is 9.92. The van der Waals surface area contributed by atoms with Gasteiger partial charge in [0.1, 0.15) is 0 Å². The van der Waals surface area contributed by atoms with E-state index >= 15 is 0 Å². The zero-order chi connectivity index (χ0) is 17.2. The van der Waals surface area contributed by atoms with Crippen molar-refractivity contribution in [1.82, 2.24) is 5.16 Å². The van der Waals surface area contributed by atoms with Crippen LogP contribution in [0.3, 0.4) is 0 Å². The van der Waals surface area contributed by atoms with Crippen LogP contribution in [0.25, 0.3) is 0 Å². The van der Waals surface area contributed by atoms with Gasteiger partial charge in [-0.2, -0.15) is 0 Å². The lowest BCUT2D eigenvalue weighted by molar-refractivity contribution is -0.114. The Morgan fingerprint density at radius 3 is 2.52 bits per heavy atom. The summed E-state index contributed by atoms with van der Waals surface area (Å²) in [7, 11) is 0. The van der Waals surface area contributed by atoms with Crippen molar-refractivity contribution >= 4 is 17.5 Å². The van der Waals surface area contributed by atoms with E-state index in [-0.39, 0.29) is 23.5 Å². The van der Waals surface area contributed by atoms with Gasteiger partial charge in [-0.05, 0) is 12.1 Å². The van der Waals surface area contributed by atoms with Crippen molar-refractivity contribution in [2.24, 2.45) is 0 Å². The second kappa shape index (κ2) is 6.31. The van der Waals surface area contributed by atoms with Crippen LogP contribution < -0.4 is 10.6 Å². The number of hydrogen-bond acceptors (Lipinski definition) is 4. The molecule has 0 unspecified atom stereocenters. The van der Waals surface area contributed by atoms with Crippen molar-refractivity contribution < 1.29 is 22.5 Å². The summed E-state index contributed by atoms with van der Waals surface area (Å²) >= 11 is 0. The van der Waals surface area contributed by atoms with Crippen LogP contribution in [-0.4, -0.2) is 17.6 Å². The number of nitrogens with zero attached hydrogens (tertiary/aromatic N) is 1. The summed E-state index contributed by atoms with van der Waals surface area (Å²) in [6.07, 6.45) is 0. The van der Waals surface area contributed by atoms with E-state index in [1.807, 2.05) is 20.8 Å². The molecule has 0 saturated carbocycles. The van der Waals surface area contributed by atoms with Crippen LogP contribution in [0.1, 0.15) is 26.5 Å². The molecule has 2 N–H and O–H groups in total. The molecular formula is C15H16F3N3O2. The molecule has 0 aliphatic heterocycles. The number of carbonyl (C=O) groups is 1. The van der Waals surface area contributed by atoms with E-state index in [0.717, 1.165) is 12.1 Å². The van der Waals surface area contributed by atoms with Crippen molar-refractivity contribution in [2.45, 2.75) is 26.2 Å². The Hall–Kier alpha value is -2.51. The minimum Gasteiger partial charge on any atom is -0.374 e. The quantitative estimate of drug-likeness (QED) is 0.844. The highest BCUT2D eigenvalue weighted by molar-refractivity contribution is 5.92.